The molecule has 0 aliphatic heterocycles. The number of nitrogens with one attached hydrogen (secondary N) is 1. The number of carbonyl (C=O) groups is 2. The van der Waals surface area contributed by atoms with Crippen molar-refractivity contribution in [2.24, 2.45) is 0 Å². The summed E-state index contributed by atoms with van der Waals surface area (Å²) < 4.78 is 5.75. The second-order valence-corrected chi connectivity index (χ2v) is 6.23. The van der Waals surface area contributed by atoms with E-state index < -0.39 is 0 Å². The molecule has 0 atom stereocenters. The number of carbonyl (C=O) groups excluding carboxylic acids is 2. The first-order chi connectivity index (χ1) is 11.9. The van der Waals surface area contributed by atoms with Crippen LogP contribution in [0.1, 0.15) is 20.8 Å². The Bertz CT molecular complexity index is 745. The quantitative estimate of drug-likeness (QED) is 0.843. The molecule has 132 valence electrons. The monoisotopic (exact) mass is 360 g/mol. The fraction of sp³-hybridized carbons (Fsp3) is 0.263. The van der Waals surface area contributed by atoms with Gasteiger partial charge in [0, 0.05) is 17.6 Å². The zero-order valence-electron chi connectivity index (χ0n) is 14.5. The first kappa shape index (κ1) is 18.8. The van der Waals surface area contributed by atoms with Gasteiger partial charge >= 0.3 is 0 Å². The standard InChI is InChI=1S/C19H21ClN2O3/c1-13(2)25-18-7-5-4-6-17(18)22(14(3)23)12-19(24)21-16-10-8-15(20)9-11-16/h4-11,13H,12H2,1-3H3,(H,21,24). The highest BCUT2D eigenvalue weighted by molar-refractivity contribution is 6.30. The van der Waals surface area contributed by atoms with Gasteiger partial charge in [-0.25, -0.2) is 0 Å². The van der Waals surface area contributed by atoms with Gasteiger partial charge in [0.05, 0.1) is 11.8 Å². The van der Waals surface area contributed by atoms with Crippen LogP contribution < -0.4 is 15.0 Å². The topological polar surface area (TPSA) is 58.6 Å². The summed E-state index contributed by atoms with van der Waals surface area (Å²) in [6.45, 7) is 5.11. The van der Waals surface area contributed by atoms with Crippen LogP contribution in [0.4, 0.5) is 11.4 Å². The summed E-state index contributed by atoms with van der Waals surface area (Å²) in [7, 11) is 0. The van der Waals surface area contributed by atoms with Gasteiger partial charge in [-0.05, 0) is 50.2 Å². The number of amides is 2. The second kappa shape index (κ2) is 8.53. The van der Waals surface area contributed by atoms with Gasteiger partial charge in [0.1, 0.15) is 12.3 Å². The maximum Gasteiger partial charge on any atom is 0.244 e. The lowest BCUT2D eigenvalue weighted by molar-refractivity contribution is -0.120. The highest BCUT2D eigenvalue weighted by Gasteiger charge is 2.20. The van der Waals surface area contributed by atoms with E-state index in [0.29, 0.717) is 22.1 Å². The molecule has 0 heterocycles. The van der Waals surface area contributed by atoms with Crippen molar-refractivity contribution in [2.75, 3.05) is 16.8 Å². The van der Waals surface area contributed by atoms with E-state index in [4.69, 9.17) is 16.3 Å². The van der Waals surface area contributed by atoms with Crippen molar-refractivity contribution >= 4 is 34.8 Å². The van der Waals surface area contributed by atoms with E-state index in [1.165, 1.54) is 11.8 Å². The SMILES string of the molecule is CC(=O)N(CC(=O)Nc1ccc(Cl)cc1)c1ccccc1OC(C)C. The average Bonchev–Trinajstić information content (AvgIpc) is 2.55. The van der Waals surface area contributed by atoms with Crippen molar-refractivity contribution < 1.29 is 14.3 Å². The Kier molecular flexibility index (Phi) is 6.42. The first-order valence-electron chi connectivity index (χ1n) is 7.96. The number of hydrogen-bond donors (Lipinski definition) is 1. The van der Waals surface area contributed by atoms with Crippen molar-refractivity contribution in [3.63, 3.8) is 0 Å². The van der Waals surface area contributed by atoms with Crippen LogP contribution in [-0.4, -0.2) is 24.5 Å². The van der Waals surface area contributed by atoms with Gasteiger partial charge in [-0.15, -0.1) is 0 Å². The third-order valence-corrected chi connectivity index (χ3v) is 3.58. The minimum absolute atomic E-state index is 0.0437. The van der Waals surface area contributed by atoms with Crippen molar-refractivity contribution in [1.29, 1.82) is 0 Å². The van der Waals surface area contributed by atoms with Gasteiger partial charge in [0.2, 0.25) is 11.8 Å². The number of nitrogens with zero attached hydrogens (tertiary/aromatic N) is 1. The average molecular weight is 361 g/mol. The number of rotatable bonds is 6. The normalized spacial score (nSPS) is 10.4. The molecular weight excluding hydrogens is 340 g/mol. The third kappa shape index (κ3) is 5.50. The van der Waals surface area contributed by atoms with E-state index in [2.05, 4.69) is 5.32 Å². The summed E-state index contributed by atoms with van der Waals surface area (Å²) in [5.74, 6) is 0.00919. The van der Waals surface area contributed by atoms with Gasteiger partial charge in [-0.2, -0.15) is 0 Å². The Morgan fingerprint density at radius 3 is 2.36 bits per heavy atom. The van der Waals surface area contributed by atoms with Crippen LogP contribution >= 0.6 is 11.6 Å². The molecule has 0 aromatic heterocycles. The minimum Gasteiger partial charge on any atom is -0.489 e. The maximum atomic E-state index is 12.3. The summed E-state index contributed by atoms with van der Waals surface area (Å²) in [4.78, 5) is 25.8. The van der Waals surface area contributed by atoms with Crippen LogP contribution in [0.25, 0.3) is 0 Å². The predicted octanol–water partition coefficient (Wildman–Crippen LogP) is 4.12. The number of ether oxygens (including phenoxy) is 1. The van der Waals surface area contributed by atoms with Crippen molar-refractivity contribution in [2.45, 2.75) is 26.9 Å². The molecule has 0 aliphatic rings. The Morgan fingerprint density at radius 1 is 1.12 bits per heavy atom. The zero-order valence-corrected chi connectivity index (χ0v) is 15.2. The Labute approximate surface area is 152 Å². The number of anilines is 2. The molecule has 0 saturated heterocycles. The van der Waals surface area contributed by atoms with Crippen LogP contribution in [0.5, 0.6) is 5.75 Å². The van der Waals surface area contributed by atoms with E-state index >= 15 is 0 Å². The zero-order chi connectivity index (χ0) is 18.4. The lowest BCUT2D eigenvalue weighted by atomic mass is 10.2. The summed E-state index contributed by atoms with van der Waals surface area (Å²) in [6, 6.07) is 13.9. The fourth-order valence-corrected chi connectivity index (χ4v) is 2.40. The lowest BCUT2D eigenvalue weighted by Crippen LogP contribution is -2.37. The summed E-state index contributed by atoms with van der Waals surface area (Å²) in [5.41, 5.74) is 1.18. The van der Waals surface area contributed by atoms with Crippen molar-refractivity contribution in [1.82, 2.24) is 0 Å². The highest BCUT2D eigenvalue weighted by atomic mass is 35.5. The second-order valence-electron chi connectivity index (χ2n) is 5.79. The molecule has 0 unspecified atom stereocenters. The Hall–Kier alpha value is -2.53. The largest absolute Gasteiger partial charge is 0.489 e. The number of para-hydroxylation sites is 2. The molecule has 0 saturated carbocycles. The van der Waals surface area contributed by atoms with Crippen molar-refractivity contribution in [3.8, 4) is 5.75 Å². The molecule has 5 nitrogen and oxygen atoms in total. The molecule has 0 fully saturated rings. The van der Waals surface area contributed by atoms with Gasteiger partial charge in [-0.1, -0.05) is 23.7 Å². The van der Waals surface area contributed by atoms with Gasteiger partial charge in [0.25, 0.3) is 0 Å². The molecule has 1 N–H and O–H groups in total. The molecule has 2 aromatic rings. The summed E-state index contributed by atoms with van der Waals surface area (Å²) in [5, 5.41) is 3.34. The Balaban J connectivity index is 2.17. The van der Waals surface area contributed by atoms with Crippen LogP contribution in [0.15, 0.2) is 48.5 Å². The maximum absolute atomic E-state index is 12.3. The van der Waals surface area contributed by atoms with Crippen molar-refractivity contribution in [3.05, 3.63) is 53.6 Å². The van der Waals surface area contributed by atoms with Crippen LogP contribution in [-0.2, 0) is 9.59 Å². The summed E-state index contributed by atoms with van der Waals surface area (Å²) in [6.07, 6.45) is -0.0437. The predicted molar refractivity (Wildman–Crippen MR) is 100 cm³/mol. The summed E-state index contributed by atoms with van der Waals surface area (Å²) >= 11 is 5.83. The third-order valence-electron chi connectivity index (χ3n) is 3.33. The smallest absolute Gasteiger partial charge is 0.244 e. The van der Waals surface area contributed by atoms with E-state index in [9.17, 15) is 9.59 Å². The molecular formula is C19H21ClN2O3. The van der Waals surface area contributed by atoms with E-state index in [1.807, 2.05) is 19.9 Å². The van der Waals surface area contributed by atoms with E-state index in [-0.39, 0.29) is 24.5 Å². The first-order valence-corrected chi connectivity index (χ1v) is 8.34. The molecule has 2 amide bonds. The van der Waals surface area contributed by atoms with Crippen LogP contribution in [0, 0.1) is 0 Å². The van der Waals surface area contributed by atoms with E-state index in [1.54, 1.807) is 42.5 Å². The number of halogens is 1. The molecule has 2 aromatic carbocycles. The van der Waals surface area contributed by atoms with Gasteiger partial charge < -0.3 is 10.1 Å². The van der Waals surface area contributed by atoms with E-state index in [0.717, 1.165) is 0 Å². The minimum atomic E-state index is -0.308. The van der Waals surface area contributed by atoms with Gasteiger partial charge in [0.15, 0.2) is 0 Å². The van der Waals surface area contributed by atoms with Gasteiger partial charge in [-0.3, -0.25) is 14.5 Å². The van der Waals surface area contributed by atoms with Crippen LogP contribution in [0.2, 0.25) is 5.02 Å². The Morgan fingerprint density at radius 2 is 1.76 bits per heavy atom. The molecule has 0 aliphatic carbocycles. The molecule has 25 heavy (non-hydrogen) atoms. The number of benzene rings is 2. The molecule has 0 radical (unpaired) electrons. The number of hydrogen-bond acceptors (Lipinski definition) is 3. The molecule has 0 bridgehead atoms. The van der Waals surface area contributed by atoms with Crippen LogP contribution in [0.3, 0.4) is 0 Å². The fourth-order valence-electron chi connectivity index (χ4n) is 2.28. The molecule has 2 rings (SSSR count). The molecule has 0 spiro atoms. The lowest BCUT2D eigenvalue weighted by Gasteiger charge is -2.24. The highest BCUT2D eigenvalue weighted by Crippen LogP contribution is 2.29. The molecule has 6 heteroatoms.